The maximum Gasteiger partial charge on any atom is 0.243 e. The molecule has 1 N–H and O–H groups in total. The first-order valence-electron chi connectivity index (χ1n) is 4.77. The summed E-state index contributed by atoms with van der Waals surface area (Å²) in [6.07, 6.45) is 0. The number of amides is 1. The van der Waals surface area contributed by atoms with Gasteiger partial charge in [-0.2, -0.15) is 0 Å². The lowest BCUT2D eigenvalue weighted by atomic mass is 10.2. The van der Waals surface area contributed by atoms with Gasteiger partial charge in [0.25, 0.3) is 0 Å². The zero-order chi connectivity index (χ0) is 12.3. The Balaban J connectivity index is 2.81. The van der Waals surface area contributed by atoms with Crippen LogP contribution >= 0.6 is 34.8 Å². The molecule has 0 radical (unpaired) electrons. The molecule has 1 aromatic carbocycles. The quantitative estimate of drug-likeness (QED) is 0.838. The molecule has 0 aliphatic heterocycles. The van der Waals surface area contributed by atoms with Crippen LogP contribution < -0.4 is 5.32 Å². The van der Waals surface area contributed by atoms with E-state index in [9.17, 15) is 4.79 Å². The Bertz CT molecular complexity index is 393. The number of carbonyl (C=O) groups excluding carboxylic acids is 1. The summed E-state index contributed by atoms with van der Waals surface area (Å²) < 4.78 is 0. The molecule has 16 heavy (non-hydrogen) atoms. The van der Waals surface area contributed by atoms with Crippen LogP contribution in [-0.2, 0) is 4.79 Å². The van der Waals surface area contributed by atoms with Gasteiger partial charge in [0, 0.05) is 10.7 Å². The minimum absolute atomic E-state index is 0.325. The van der Waals surface area contributed by atoms with Gasteiger partial charge in [-0.05, 0) is 31.5 Å². The smallest absolute Gasteiger partial charge is 0.243 e. The van der Waals surface area contributed by atoms with Gasteiger partial charge in [-0.25, -0.2) is 0 Å². The number of rotatable bonds is 3. The lowest BCUT2D eigenvalue weighted by molar-refractivity contribution is -0.115. The van der Waals surface area contributed by atoms with E-state index in [0.717, 1.165) is 5.56 Å². The topological polar surface area (TPSA) is 29.1 Å². The number of nitrogens with one attached hydrogen (secondary N) is 1. The van der Waals surface area contributed by atoms with Gasteiger partial charge in [0.15, 0.2) is 0 Å². The van der Waals surface area contributed by atoms with Crippen molar-refractivity contribution >= 4 is 46.4 Å². The molecule has 2 nitrogen and oxygen atoms in total. The molecule has 0 spiro atoms. The fourth-order valence-electron chi connectivity index (χ4n) is 1.15. The van der Waals surface area contributed by atoms with E-state index in [-0.39, 0.29) is 5.91 Å². The first kappa shape index (κ1) is 13.6. The standard InChI is InChI=1S/C11H12Cl3NO/c1-6-8(13)4-3-5-9(6)15-11(16)10(14)7(2)12/h3-5,7,10H,1-2H3,(H,15,16). The van der Waals surface area contributed by atoms with Crippen molar-refractivity contribution in [2.75, 3.05) is 5.32 Å². The van der Waals surface area contributed by atoms with Crippen LogP contribution in [0.4, 0.5) is 5.69 Å². The highest BCUT2D eigenvalue weighted by molar-refractivity contribution is 6.38. The van der Waals surface area contributed by atoms with Gasteiger partial charge < -0.3 is 5.32 Å². The number of halogens is 3. The van der Waals surface area contributed by atoms with Gasteiger partial charge in [0.2, 0.25) is 5.91 Å². The van der Waals surface area contributed by atoms with Gasteiger partial charge in [0.05, 0.1) is 5.38 Å². The average molecular weight is 281 g/mol. The van der Waals surface area contributed by atoms with Crippen LogP contribution in [0, 0.1) is 6.92 Å². The van der Waals surface area contributed by atoms with E-state index in [0.29, 0.717) is 10.7 Å². The highest BCUT2D eigenvalue weighted by Crippen LogP contribution is 2.23. The molecule has 2 atom stereocenters. The molecule has 0 heterocycles. The van der Waals surface area contributed by atoms with Crippen LogP contribution in [0.25, 0.3) is 0 Å². The largest absolute Gasteiger partial charge is 0.324 e. The minimum atomic E-state index is -0.764. The van der Waals surface area contributed by atoms with Crippen molar-refractivity contribution in [1.82, 2.24) is 0 Å². The van der Waals surface area contributed by atoms with Crippen LogP contribution in [0.15, 0.2) is 18.2 Å². The normalized spacial score (nSPS) is 14.3. The van der Waals surface area contributed by atoms with Gasteiger partial charge in [-0.3, -0.25) is 4.79 Å². The lowest BCUT2D eigenvalue weighted by Crippen LogP contribution is -2.29. The molecule has 1 amide bonds. The molecule has 0 saturated heterocycles. The van der Waals surface area contributed by atoms with Crippen molar-refractivity contribution in [2.45, 2.75) is 24.6 Å². The van der Waals surface area contributed by atoms with E-state index in [4.69, 9.17) is 34.8 Å². The first-order valence-corrected chi connectivity index (χ1v) is 6.02. The Hall–Kier alpha value is -0.440. The van der Waals surface area contributed by atoms with E-state index in [1.165, 1.54) is 0 Å². The third kappa shape index (κ3) is 3.27. The third-order valence-corrected chi connectivity index (χ3v) is 3.55. The highest BCUT2D eigenvalue weighted by atomic mass is 35.5. The molecule has 0 aliphatic rings. The lowest BCUT2D eigenvalue weighted by Gasteiger charge is -2.14. The maximum absolute atomic E-state index is 11.6. The van der Waals surface area contributed by atoms with E-state index in [2.05, 4.69) is 5.32 Å². The van der Waals surface area contributed by atoms with Crippen molar-refractivity contribution in [1.29, 1.82) is 0 Å². The summed E-state index contributed by atoms with van der Waals surface area (Å²) in [6.45, 7) is 3.49. The molecule has 1 aromatic rings. The van der Waals surface area contributed by atoms with Crippen molar-refractivity contribution < 1.29 is 4.79 Å². The summed E-state index contributed by atoms with van der Waals surface area (Å²) in [5, 5.41) is 2.10. The van der Waals surface area contributed by atoms with E-state index >= 15 is 0 Å². The predicted octanol–water partition coefficient (Wildman–Crippen LogP) is 3.82. The molecular formula is C11H12Cl3NO. The van der Waals surface area contributed by atoms with Gasteiger partial charge in [-0.15, -0.1) is 23.2 Å². The van der Waals surface area contributed by atoms with Gasteiger partial charge in [-0.1, -0.05) is 17.7 Å². The van der Waals surface area contributed by atoms with Crippen LogP contribution in [0.3, 0.4) is 0 Å². The van der Waals surface area contributed by atoms with Crippen LogP contribution in [0.2, 0.25) is 5.02 Å². The second kappa shape index (κ2) is 5.76. The van der Waals surface area contributed by atoms with Crippen LogP contribution in [-0.4, -0.2) is 16.7 Å². The summed E-state index contributed by atoms with van der Waals surface area (Å²) >= 11 is 17.5. The zero-order valence-electron chi connectivity index (χ0n) is 8.93. The van der Waals surface area contributed by atoms with Gasteiger partial charge in [0.1, 0.15) is 5.38 Å². The zero-order valence-corrected chi connectivity index (χ0v) is 11.2. The number of benzene rings is 1. The molecule has 5 heteroatoms. The Morgan fingerprint density at radius 1 is 1.38 bits per heavy atom. The minimum Gasteiger partial charge on any atom is -0.324 e. The Labute approximate surface area is 110 Å². The Morgan fingerprint density at radius 3 is 2.56 bits per heavy atom. The number of hydrogen-bond acceptors (Lipinski definition) is 1. The molecule has 0 fully saturated rings. The average Bonchev–Trinajstić information content (AvgIpc) is 2.23. The van der Waals surface area contributed by atoms with Crippen LogP contribution in [0.1, 0.15) is 12.5 Å². The predicted molar refractivity (Wildman–Crippen MR) is 69.8 cm³/mol. The van der Waals surface area contributed by atoms with E-state index < -0.39 is 10.8 Å². The Kier molecular flexibility index (Phi) is 4.90. The molecular weight excluding hydrogens is 268 g/mol. The molecule has 1 rings (SSSR count). The molecule has 88 valence electrons. The monoisotopic (exact) mass is 279 g/mol. The molecule has 0 bridgehead atoms. The van der Waals surface area contributed by atoms with Crippen LogP contribution in [0.5, 0.6) is 0 Å². The second-order valence-corrected chi connectivity index (χ2v) is 5.05. The highest BCUT2D eigenvalue weighted by Gasteiger charge is 2.21. The summed E-state index contributed by atoms with van der Waals surface area (Å²) in [6, 6.07) is 5.29. The number of hydrogen-bond donors (Lipinski definition) is 1. The maximum atomic E-state index is 11.6. The van der Waals surface area contributed by atoms with Crippen molar-refractivity contribution in [3.05, 3.63) is 28.8 Å². The molecule has 0 aromatic heterocycles. The Morgan fingerprint density at radius 2 is 2.00 bits per heavy atom. The molecule has 0 saturated carbocycles. The number of alkyl halides is 2. The SMILES string of the molecule is Cc1c(Cl)cccc1NC(=O)C(Cl)C(C)Cl. The third-order valence-electron chi connectivity index (χ3n) is 2.18. The first-order chi connectivity index (χ1) is 7.43. The number of carbonyl (C=O) groups is 1. The van der Waals surface area contributed by atoms with E-state index in [1.54, 1.807) is 25.1 Å². The molecule has 0 aliphatic carbocycles. The summed E-state index contributed by atoms with van der Waals surface area (Å²) in [5.74, 6) is -0.325. The molecule has 2 unspecified atom stereocenters. The number of anilines is 1. The van der Waals surface area contributed by atoms with Crippen molar-refractivity contribution in [3.63, 3.8) is 0 Å². The van der Waals surface area contributed by atoms with Gasteiger partial charge >= 0.3 is 0 Å². The summed E-state index contributed by atoms with van der Waals surface area (Å²) in [5.41, 5.74) is 1.46. The fourth-order valence-corrected chi connectivity index (χ4v) is 1.50. The summed E-state index contributed by atoms with van der Waals surface area (Å²) in [4.78, 5) is 11.6. The summed E-state index contributed by atoms with van der Waals surface area (Å²) in [7, 11) is 0. The fraction of sp³-hybridized carbons (Fsp3) is 0.364. The van der Waals surface area contributed by atoms with Crippen molar-refractivity contribution in [3.8, 4) is 0 Å². The van der Waals surface area contributed by atoms with E-state index in [1.807, 2.05) is 6.92 Å². The second-order valence-electron chi connectivity index (χ2n) is 3.48. The van der Waals surface area contributed by atoms with Crippen molar-refractivity contribution in [2.24, 2.45) is 0 Å².